The Labute approximate surface area is 108 Å². The predicted octanol–water partition coefficient (Wildman–Crippen LogP) is 2.41. The van der Waals surface area contributed by atoms with E-state index >= 15 is 0 Å². The summed E-state index contributed by atoms with van der Waals surface area (Å²) in [5, 5.41) is 19.2. The minimum Gasteiger partial charge on any atom is -0.258 e. The van der Waals surface area contributed by atoms with Crippen molar-refractivity contribution in [2.75, 3.05) is 0 Å². The second-order valence-electron chi connectivity index (χ2n) is 3.17. The summed E-state index contributed by atoms with van der Waals surface area (Å²) >= 11 is 0. The van der Waals surface area contributed by atoms with Crippen LogP contribution in [0.1, 0.15) is 11.1 Å². The normalized spacial score (nSPS) is 11.9. The highest BCUT2D eigenvalue weighted by Gasteiger charge is 2.39. The average Bonchev–Trinajstić information content (AvgIpc) is 2.24. The maximum Gasteiger partial charge on any atom is 0.417 e. The van der Waals surface area contributed by atoms with Crippen molar-refractivity contribution in [3.63, 3.8) is 0 Å². The molecule has 0 aromatic heterocycles. The number of nitrogens with zero attached hydrogens (tertiary/aromatic N) is 2. The third kappa shape index (κ3) is 3.12. The van der Waals surface area contributed by atoms with Gasteiger partial charge in [-0.25, -0.2) is 8.42 Å². The fraction of sp³-hybridized carbons (Fsp3) is 0.125. The number of benzene rings is 1. The van der Waals surface area contributed by atoms with E-state index in [2.05, 4.69) is 0 Å². The smallest absolute Gasteiger partial charge is 0.258 e. The summed E-state index contributed by atoms with van der Waals surface area (Å²) in [6, 6.07) is 1.41. The minimum absolute atomic E-state index is 0.0773. The summed E-state index contributed by atoms with van der Waals surface area (Å²) in [5.74, 6) is 0. The number of alkyl halides is 3. The topological polar surface area (TPSA) is 101 Å². The highest BCUT2D eigenvalue weighted by molar-refractivity contribution is 8.13. The third-order valence-corrected chi connectivity index (χ3v) is 3.32. The third-order valence-electron chi connectivity index (χ3n) is 1.99. The van der Waals surface area contributed by atoms with Crippen LogP contribution in [-0.2, 0) is 15.2 Å². The molecule has 0 spiro atoms. The van der Waals surface area contributed by atoms with E-state index in [0.717, 1.165) is 6.07 Å². The Morgan fingerprint density at radius 3 is 2.21 bits per heavy atom. The molecule has 0 aliphatic rings. The molecule has 11 heteroatoms. The molecule has 102 valence electrons. The summed E-state index contributed by atoms with van der Waals surface area (Å²) in [6.45, 7) is 0. The summed E-state index contributed by atoms with van der Waals surface area (Å²) in [4.78, 5) is 8.19. The van der Waals surface area contributed by atoms with Gasteiger partial charge < -0.3 is 0 Å². The zero-order valence-corrected chi connectivity index (χ0v) is 10.2. The van der Waals surface area contributed by atoms with Crippen molar-refractivity contribution in [3.05, 3.63) is 33.4 Å². The molecule has 0 saturated heterocycles. The standard InChI is InChI=1S/C8H2ClF3N2O4S/c9-19(17,18)4-1-6(8(10,11)12)5(3-13)7(2-4)14(15)16/h1-2H. The van der Waals surface area contributed by atoms with Gasteiger partial charge in [0, 0.05) is 16.7 Å². The number of hydrogen-bond donors (Lipinski definition) is 0. The molecule has 6 nitrogen and oxygen atoms in total. The molecule has 1 aromatic carbocycles. The minimum atomic E-state index is -5.13. The van der Waals surface area contributed by atoms with Crippen LogP contribution in [0.25, 0.3) is 0 Å². The molecule has 0 aliphatic heterocycles. The average molecular weight is 315 g/mol. The van der Waals surface area contributed by atoms with Gasteiger partial charge in [0.15, 0.2) is 0 Å². The number of nitro groups is 1. The Kier molecular flexibility index (Phi) is 3.74. The quantitative estimate of drug-likeness (QED) is 0.474. The van der Waals surface area contributed by atoms with Crippen LogP contribution in [0, 0.1) is 21.4 Å². The summed E-state index contributed by atoms with van der Waals surface area (Å²) < 4.78 is 59.9. The van der Waals surface area contributed by atoms with Crippen molar-refractivity contribution >= 4 is 25.4 Å². The lowest BCUT2D eigenvalue weighted by Crippen LogP contribution is -2.11. The number of rotatable bonds is 2. The Balaban J connectivity index is 3.87. The fourth-order valence-corrected chi connectivity index (χ4v) is 2.01. The molecular formula is C8H2ClF3N2O4S. The molecule has 0 atom stereocenters. The Morgan fingerprint density at radius 1 is 1.37 bits per heavy atom. The second kappa shape index (κ2) is 4.67. The van der Waals surface area contributed by atoms with Gasteiger partial charge in [0.1, 0.15) is 11.6 Å². The molecule has 0 radical (unpaired) electrons. The molecule has 1 aromatic rings. The first-order valence-corrected chi connectivity index (χ1v) is 6.54. The molecule has 0 amide bonds. The Morgan fingerprint density at radius 2 is 1.89 bits per heavy atom. The number of hydrogen-bond acceptors (Lipinski definition) is 5. The lowest BCUT2D eigenvalue weighted by Gasteiger charge is -2.10. The molecular weight excluding hydrogens is 313 g/mol. The highest BCUT2D eigenvalue weighted by atomic mass is 35.7. The Bertz CT molecular complexity index is 693. The van der Waals surface area contributed by atoms with Gasteiger partial charge in [-0.2, -0.15) is 18.4 Å². The van der Waals surface area contributed by atoms with E-state index < -0.39 is 41.9 Å². The summed E-state index contributed by atoms with van der Waals surface area (Å²) in [6.07, 6.45) is -5.13. The molecule has 0 saturated carbocycles. The number of nitriles is 1. The van der Waals surface area contributed by atoms with E-state index in [1.165, 1.54) is 0 Å². The molecule has 0 N–H and O–H groups in total. The molecule has 19 heavy (non-hydrogen) atoms. The maximum atomic E-state index is 12.6. The summed E-state index contributed by atoms with van der Waals surface area (Å²) in [5.41, 5.74) is -4.29. The predicted molar refractivity (Wildman–Crippen MR) is 55.9 cm³/mol. The van der Waals surface area contributed by atoms with Gasteiger partial charge in [-0.15, -0.1) is 0 Å². The zero-order chi connectivity index (χ0) is 15.0. The van der Waals surface area contributed by atoms with Gasteiger partial charge in [-0.3, -0.25) is 10.1 Å². The lowest BCUT2D eigenvalue weighted by molar-refractivity contribution is -0.385. The van der Waals surface area contributed by atoms with Crippen LogP contribution in [0.4, 0.5) is 18.9 Å². The van der Waals surface area contributed by atoms with Crippen LogP contribution in [-0.4, -0.2) is 13.3 Å². The van der Waals surface area contributed by atoms with Crippen molar-refractivity contribution < 1.29 is 26.5 Å². The lowest BCUT2D eigenvalue weighted by atomic mass is 10.1. The van der Waals surface area contributed by atoms with E-state index in [-0.39, 0.29) is 6.07 Å². The van der Waals surface area contributed by atoms with Crippen molar-refractivity contribution in [2.24, 2.45) is 0 Å². The fourth-order valence-electron chi connectivity index (χ4n) is 1.23. The zero-order valence-electron chi connectivity index (χ0n) is 8.60. The van der Waals surface area contributed by atoms with Gasteiger partial charge >= 0.3 is 6.18 Å². The first-order chi connectivity index (χ1) is 8.48. The van der Waals surface area contributed by atoms with E-state index in [1.807, 2.05) is 0 Å². The van der Waals surface area contributed by atoms with Crippen LogP contribution >= 0.6 is 10.7 Å². The van der Waals surface area contributed by atoms with Crippen molar-refractivity contribution in [1.29, 1.82) is 5.26 Å². The highest BCUT2D eigenvalue weighted by Crippen LogP contribution is 2.38. The molecule has 1 rings (SSSR count). The van der Waals surface area contributed by atoms with Crippen LogP contribution in [0.3, 0.4) is 0 Å². The molecule has 0 unspecified atom stereocenters. The van der Waals surface area contributed by atoms with Gasteiger partial charge in [0.05, 0.1) is 15.4 Å². The van der Waals surface area contributed by atoms with E-state index in [1.54, 1.807) is 0 Å². The second-order valence-corrected chi connectivity index (χ2v) is 5.74. The number of halogens is 4. The van der Waals surface area contributed by atoms with Crippen LogP contribution < -0.4 is 0 Å². The summed E-state index contributed by atoms with van der Waals surface area (Å²) in [7, 11) is 0.244. The van der Waals surface area contributed by atoms with Crippen LogP contribution in [0.15, 0.2) is 17.0 Å². The van der Waals surface area contributed by atoms with Gasteiger partial charge in [-0.1, -0.05) is 0 Å². The van der Waals surface area contributed by atoms with E-state index in [9.17, 15) is 31.7 Å². The van der Waals surface area contributed by atoms with E-state index in [0.29, 0.717) is 6.07 Å². The van der Waals surface area contributed by atoms with Gasteiger partial charge in [0.2, 0.25) is 0 Å². The van der Waals surface area contributed by atoms with E-state index in [4.69, 9.17) is 15.9 Å². The molecule has 0 fully saturated rings. The monoisotopic (exact) mass is 314 g/mol. The molecule has 0 aliphatic carbocycles. The number of nitro benzene ring substituents is 1. The van der Waals surface area contributed by atoms with Crippen LogP contribution in [0.2, 0.25) is 0 Å². The van der Waals surface area contributed by atoms with Gasteiger partial charge in [-0.05, 0) is 6.07 Å². The largest absolute Gasteiger partial charge is 0.417 e. The SMILES string of the molecule is N#Cc1c([N+](=O)[O-])cc(S(=O)(=O)Cl)cc1C(F)(F)F. The molecule has 0 heterocycles. The van der Waals surface area contributed by atoms with Gasteiger partial charge in [0.25, 0.3) is 14.7 Å². The van der Waals surface area contributed by atoms with Crippen molar-refractivity contribution in [1.82, 2.24) is 0 Å². The first-order valence-electron chi connectivity index (χ1n) is 4.23. The Hall–Kier alpha value is -1.86. The van der Waals surface area contributed by atoms with Crippen molar-refractivity contribution in [3.8, 4) is 6.07 Å². The molecule has 0 bridgehead atoms. The first kappa shape index (κ1) is 15.2. The van der Waals surface area contributed by atoms with Crippen molar-refractivity contribution in [2.45, 2.75) is 11.1 Å². The maximum absolute atomic E-state index is 12.6. The van der Waals surface area contributed by atoms with Crippen LogP contribution in [0.5, 0.6) is 0 Å².